The molecule has 0 heterocycles. The standard InChI is InChI=1S/C18H20FNO2/c1-14(15-7-3-2-4-8-15)20-11-12-22-18(21)13-16-9-5-6-10-17(16)19/h2-10,14,20H,11-13H2,1H3/t14-/m0/s1. The molecule has 0 aliphatic rings. The van der Waals surface area contributed by atoms with Crippen molar-refractivity contribution in [2.24, 2.45) is 0 Å². The Morgan fingerprint density at radius 2 is 1.82 bits per heavy atom. The van der Waals surface area contributed by atoms with Gasteiger partial charge in [0, 0.05) is 12.6 Å². The van der Waals surface area contributed by atoms with Crippen molar-refractivity contribution in [3.05, 3.63) is 71.5 Å². The largest absolute Gasteiger partial charge is 0.464 e. The summed E-state index contributed by atoms with van der Waals surface area (Å²) < 4.78 is 18.5. The number of halogens is 1. The lowest BCUT2D eigenvalue weighted by Gasteiger charge is -2.14. The van der Waals surface area contributed by atoms with Crippen LogP contribution < -0.4 is 5.32 Å². The maximum absolute atomic E-state index is 13.4. The van der Waals surface area contributed by atoms with Crippen molar-refractivity contribution in [2.45, 2.75) is 19.4 Å². The monoisotopic (exact) mass is 301 g/mol. The highest BCUT2D eigenvalue weighted by atomic mass is 19.1. The average Bonchev–Trinajstić information content (AvgIpc) is 2.54. The first-order valence-corrected chi connectivity index (χ1v) is 7.34. The molecule has 0 amide bonds. The van der Waals surface area contributed by atoms with Crippen LogP contribution in [0.5, 0.6) is 0 Å². The van der Waals surface area contributed by atoms with Gasteiger partial charge in [0.25, 0.3) is 0 Å². The third-order valence-corrected chi connectivity index (χ3v) is 3.41. The molecule has 1 atom stereocenters. The zero-order valence-electron chi connectivity index (χ0n) is 12.6. The molecule has 0 aromatic heterocycles. The third kappa shape index (κ3) is 4.97. The molecule has 0 saturated heterocycles. The van der Waals surface area contributed by atoms with Gasteiger partial charge in [-0.25, -0.2) is 4.39 Å². The quantitative estimate of drug-likeness (QED) is 0.630. The van der Waals surface area contributed by atoms with E-state index in [-0.39, 0.29) is 24.9 Å². The maximum atomic E-state index is 13.4. The highest BCUT2D eigenvalue weighted by molar-refractivity contribution is 5.72. The minimum atomic E-state index is -0.417. The van der Waals surface area contributed by atoms with Crippen molar-refractivity contribution >= 4 is 5.97 Å². The summed E-state index contributed by atoms with van der Waals surface area (Å²) in [5, 5.41) is 3.28. The molecule has 116 valence electrons. The zero-order chi connectivity index (χ0) is 15.8. The zero-order valence-corrected chi connectivity index (χ0v) is 12.6. The van der Waals surface area contributed by atoms with Gasteiger partial charge in [0.15, 0.2) is 0 Å². The molecule has 1 N–H and O–H groups in total. The van der Waals surface area contributed by atoms with E-state index in [0.29, 0.717) is 12.1 Å². The summed E-state index contributed by atoms with van der Waals surface area (Å²) in [6.07, 6.45) is -0.0408. The summed E-state index contributed by atoms with van der Waals surface area (Å²) in [7, 11) is 0. The van der Waals surface area contributed by atoms with Gasteiger partial charge in [-0.05, 0) is 24.1 Å². The third-order valence-electron chi connectivity index (χ3n) is 3.41. The van der Waals surface area contributed by atoms with Crippen LogP contribution in [0.2, 0.25) is 0 Å². The Morgan fingerprint density at radius 1 is 1.14 bits per heavy atom. The normalized spacial score (nSPS) is 11.9. The lowest BCUT2D eigenvalue weighted by Crippen LogP contribution is -2.24. The molecule has 2 rings (SSSR count). The fourth-order valence-corrected chi connectivity index (χ4v) is 2.15. The van der Waals surface area contributed by atoms with Crippen molar-refractivity contribution in [2.75, 3.05) is 13.2 Å². The smallest absolute Gasteiger partial charge is 0.310 e. The van der Waals surface area contributed by atoms with E-state index in [1.54, 1.807) is 18.2 Å². The molecule has 2 aromatic rings. The highest BCUT2D eigenvalue weighted by Gasteiger charge is 2.09. The number of rotatable bonds is 7. The van der Waals surface area contributed by atoms with Gasteiger partial charge in [-0.2, -0.15) is 0 Å². The first-order valence-electron chi connectivity index (χ1n) is 7.34. The van der Waals surface area contributed by atoms with Crippen molar-refractivity contribution in [3.63, 3.8) is 0 Å². The Bertz CT molecular complexity index is 601. The number of carbonyl (C=O) groups excluding carboxylic acids is 1. The minimum Gasteiger partial charge on any atom is -0.464 e. The maximum Gasteiger partial charge on any atom is 0.310 e. The molecule has 3 nitrogen and oxygen atoms in total. The fraction of sp³-hybridized carbons (Fsp3) is 0.278. The van der Waals surface area contributed by atoms with Gasteiger partial charge in [-0.1, -0.05) is 48.5 Å². The van der Waals surface area contributed by atoms with E-state index in [9.17, 15) is 9.18 Å². The van der Waals surface area contributed by atoms with Gasteiger partial charge in [-0.3, -0.25) is 4.79 Å². The number of nitrogens with one attached hydrogen (secondary N) is 1. The van der Waals surface area contributed by atoms with E-state index in [0.717, 1.165) is 0 Å². The Hall–Kier alpha value is -2.20. The van der Waals surface area contributed by atoms with E-state index in [4.69, 9.17) is 4.74 Å². The summed E-state index contributed by atoms with van der Waals surface area (Å²) in [5.74, 6) is -0.797. The Balaban J connectivity index is 1.68. The van der Waals surface area contributed by atoms with Gasteiger partial charge in [-0.15, -0.1) is 0 Å². The Morgan fingerprint density at radius 3 is 2.55 bits per heavy atom. The van der Waals surface area contributed by atoms with Gasteiger partial charge < -0.3 is 10.1 Å². The topological polar surface area (TPSA) is 38.3 Å². The average molecular weight is 301 g/mol. The fourth-order valence-electron chi connectivity index (χ4n) is 2.15. The molecule has 0 aliphatic carbocycles. The number of ether oxygens (including phenoxy) is 1. The minimum absolute atomic E-state index is 0.0408. The number of carbonyl (C=O) groups is 1. The predicted molar refractivity (Wildman–Crippen MR) is 83.9 cm³/mol. The molecule has 0 spiro atoms. The molecule has 2 aromatic carbocycles. The molecule has 0 bridgehead atoms. The number of hydrogen-bond donors (Lipinski definition) is 1. The summed E-state index contributed by atoms with van der Waals surface area (Å²) in [6, 6.07) is 16.5. The van der Waals surface area contributed by atoms with Crippen molar-refractivity contribution in [1.29, 1.82) is 0 Å². The van der Waals surface area contributed by atoms with Crippen molar-refractivity contribution in [3.8, 4) is 0 Å². The Kier molecular flexibility index (Phi) is 6.10. The summed E-state index contributed by atoms with van der Waals surface area (Å²) in [6.45, 7) is 2.88. The van der Waals surface area contributed by atoms with Crippen molar-refractivity contribution in [1.82, 2.24) is 5.32 Å². The molecule has 0 unspecified atom stereocenters. The van der Waals surface area contributed by atoms with E-state index < -0.39 is 5.97 Å². The van der Waals surface area contributed by atoms with E-state index >= 15 is 0 Å². The van der Waals surface area contributed by atoms with Crippen LogP contribution in [0.15, 0.2) is 54.6 Å². The van der Waals surface area contributed by atoms with E-state index in [2.05, 4.69) is 12.2 Å². The molecule has 0 radical (unpaired) electrons. The highest BCUT2D eigenvalue weighted by Crippen LogP contribution is 2.10. The number of benzene rings is 2. The first-order chi connectivity index (χ1) is 10.7. The van der Waals surface area contributed by atoms with E-state index in [1.165, 1.54) is 11.6 Å². The van der Waals surface area contributed by atoms with Crippen LogP contribution in [-0.2, 0) is 16.0 Å². The van der Waals surface area contributed by atoms with Crippen LogP contribution in [0.25, 0.3) is 0 Å². The second-order valence-electron chi connectivity index (χ2n) is 5.08. The second kappa shape index (κ2) is 8.29. The summed E-state index contributed by atoms with van der Waals surface area (Å²) >= 11 is 0. The molecular formula is C18H20FNO2. The van der Waals surface area contributed by atoms with Crippen LogP contribution in [0.4, 0.5) is 4.39 Å². The summed E-state index contributed by atoms with van der Waals surface area (Å²) in [4.78, 5) is 11.7. The molecular weight excluding hydrogens is 281 g/mol. The van der Waals surface area contributed by atoms with Crippen LogP contribution in [-0.4, -0.2) is 19.1 Å². The molecule has 0 aliphatic heterocycles. The molecule has 4 heteroatoms. The van der Waals surface area contributed by atoms with Gasteiger partial charge in [0.1, 0.15) is 12.4 Å². The molecule has 22 heavy (non-hydrogen) atoms. The van der Waals surface area contributed by atoms with Crippen molar-refractivity contribution < 1.29 is 13.9 Å². The lowest BCUT2D eigenvalue weighted by molar-refractivity contribution is -0.142. The lowest BCUT2D eigenvalue weighted by atomic mass is 10.1. The van der Waals surface area contributed by atoms with Gasteiger partial charge >= 0.3 is 5.97 Å². The first kappa shape index (κ1) is 16.2. The predicted octanol–water partition coefficient (Wildman–Crippen LogP) is 3.26. The summed E-state index contributed by atoms with van der Waals surface area (Å²) in [5.41, 5.74) is 1.54. The molecule has 0 fully saturated rings. The Labute approximate surface area is 130 Å². The van der Waals surface area contributed by atoms with Crippen LogP contribution in [0.1, 0.15) is 24.1 Å². The molecule has 0 saturated carbocycles. The number of hydrogen-bond acceptors (Lipinski definition) is 3. The van der Waals surface area contributed by atoms with Crippen LogP contribution in [0.3, 0.4) is 0 Å². The van der Waals surface area contributed by atoms with E-state index in [1.807, 2.05) is 30.3 Å². The SMILES string of the molecule is C[C@H](NCCOC(=O)Cc1ccccc1F)c1ccccc1. The van der Waals surface area contributed by atoms with Crippen LogP contribution >= 0.6 is 0 Å². The number of esters is 1. The van der Waals surface area contributed by atoms with Gasteiger partial charge in [0.05, 0.1) is 6.42 Å². The second-order valence-corrected chi connectivity index (χ2v) is 5.08. The van der Waals surface area contributed by atoms with Gasteiger partial charge in [0.2, 0.25) is 0 Å². The van der Waals surface area contributed by atoms with Crippen LogP contribution in [0, 0.1) is 5.82 Å².